The maximum Gasteiger partial charge on any atom is 0.338 e. The molecule has 1 saturated heterocycles. The Labute approximate surface area is 499 Å². The monoisotopic (exact) mass is 1650 g/mol. The third kappa shape index (κ3) is 27.0. The van der Waals surface area contributed by atoms with Gasteiger partial charge in [0.05, 0.1) is 17.2 Å². The van der Waals surface area contributed by atoms with Gasteiger partial charge in [0.1, 0.15) is 6.10 Å². The Balaban J connectivity index is 0.000000282. The number of carbonyl (C=O) groups excluding carboxylic acids is 1. The van der Waals surface area contributed by atoms with Crippen molar-refractivity contribution >= 4 is 110 Å². The van der Waals surface area contributed by atoms with Crippen LogP contribution in [0.3, 0.4) is 0 Å². The number of halogens is 6. The van der Waals surface area contributed by atoms with Crippen LogP contribution in [0.15, 0.2) is 182 Å². The van der Waals surface area contributed by atoms with Gasteiger partial charge < -0.3 is 19.7 Å². The number of aromatic carboxylic acids is 1. The summed E-state index contributed by atoms with van der Waals surface area (Å²) in [4.78, 5) is 27.7. The van der Waals surface area contributed by atoms with Gasteiger partial charge in [0.15, 0.2) is 0 Å². The molecule has 2 aliphatic carbocycles. The number of carbonyl (C=O) groups is 2. The van der Waals surface area contributed by atoms with Crippen LogP contribution in [-0.4, -0.2) is 69.5 Å². The van der Waals surface area contributed by atoms with Gasteiger partial charge in [-0.15, -0.1) is 24.0 Å². The fourth-order valence-corrected chi connectivity index (χ4v) is 8.74. The molecule has 0 aromatic heterocycles. The van der Waals surface area contributed by atoms with E-state index in [1.807, 2.05) is 30.3 Å². The second-order valence-electron chi connectivity index (χ2n) is 17.5. The minimum Gasteiger partial charge on any atom is -0.478 e. The summed E-state index contributed by atoms with van der Waals surface area (Å²) in [7, 11) is 0. The van der Waals surface area contributed by atoms with Gasteiger partial charge in [0.25, 0.3) is 0 Å². The normalized spacial score (nSPS) is 17.7. The molecule has 2 N–H and O–H groups in total. The van der Waals surface area contributed by atoms with Gasteiger partial charge >= 0.3 is 62.4 Å². The standard InChI is InChI=1S/C27H29NO2.C20H25NO.C7H6O2.C4H8O.I3.I2.HI/c29-27(24-14-8-3-9-15-24)30-26-18-16-25(17-19-26)28(20-22-10-4-1-5-11-22)21-23-12-6-2-7-13-23;22-20-13-11-19(12-14-20)21(15-17-7-3-1-4-8-17)16-18-9-5-2-6-10-18;8-7(9)6-4-2-1-3-5-6;1-2-4-5-3-1;1-3-2;1-2;/h1-15,25-26H,16-21H2;1-10,19-20,22H,11-16H2;1-5H,(H,8,9);1-4H2;;;1H/q;;;;-1;;. The predicted molar refractivity (Wildman–Crippen MR) is 335 cm³/mol. The Bertz CT molecular complexity index is 2150. The van der Waals surface area contributed by atoms with Crippen molar-refractivity contribution in [3.63, 3.8) is 0 Å². The first-order valence-electron chi connectivity index (χ1n) is 24.3. The molecule has 3 fully saturated rings. The summed E-state index contributed by atoms with van der Waals surface area (Å²) in [5.74, 6) is -1.08. The van der Waals surface area contributed by atoms with Crippen LogP contribution in [0.1, 0.15) is 107 Å². The molecule has 0 unspecified atom stereocenters. The Morgan fingerprint density at radius 3 is 1.07 bits per heavy atom. The number of carboxylic acid groups (broad SMARTS) is 1. The Hall–Kier alpha value is -1.52. The molecule has 8 nitrogen and oxygen atoms in total. The number of benzene rings is 6. The molecule has 6 aromatic carbocycles. The van der Waals surface area contributed by atoms with Crippen LogP contribution in [0.25, 0.3) is 0 Å². The van der Waals surface area contributed by atoms with Crippen molar-refractivity contribution in [2.45, 2.75) is 115 Å². The molecule has 14 heteroatoms. The minimum atomic E-state index is -0.879. The quantitative estimate of drug-likeness (QED) is 0.0872. The summed E-state index contributed by atoms with van der Waals surface area (Å²) in [6.45, 7) is 5.84. The van der Waals surface area contributed by atoms with Gasteiger partial charge in [-0.25, -0.2) is 9.59 Å². The molecule has 1 heterocycles. The van der Waals surface area contributed by atoms with E-state index >= 15 is 0 Å². The van der Waals surface area contributed by atoms with Crippen molar-refractivity contribution in [1.29, 1.82) is 0 Å². The van der Waals surface area contributed by atoms with Crippen molar-refractivity contribution < 1.29 is 42.5 Å². The SMILES string of the molecule is C1CCOC1.I.II.I[I-]I.O=C(O)c1ccccc1.O=C(OC1CCC(N(Cc2ccccc2)Cc2ccccc2)CC1)c1ccccc1.OC1CCC(N(Cc2ccccc2)Cc2ccccc2)CC1. The number of hydrogen-bond donors (Lipinski definition) is 2. The summed E-state index contributed by atoms with van der Waals surface area (Å²) < 4.78 is 10.7. The van der Waals surface area contributed by atoms with Crippen LogP contribution in [0.4, 0.5) is 0 Å². The van der Waals surface area contributed by atoms with E-state index in [4.69, 9.17) is 14.6 Å². The van der Waals surface area contributed by atoms with E-state index in [-0.39, 0.29) is 42.2 Å². The second-order valence-corrected chi connectivity index (χ2v) is 33.7. The van der Waals surface area contributed by atoms with E-state index in [1.54, 1.807) is 30.3 Å². The maximum atomic E-state index is 12.4. The van der Waals surface area contributed by atoms with Crippen molar-refractivity contribution in [3.05, 3.63) is 215 Å². The van der Waals surface area contributed by atoms with Crippen molar-refractivity contribution in [3.8, 4) is 0 Å². The fraction of sp³-hybridized carbons (Fsp3) is 0.345. The van der Waals surface area contributed by atoms with Gasteiger partial charge in [0, 0.05) is 88.7 Å². The average molecular weight is 1650 g/mol. The molecule has 72 heavy (non-hydrogen) atoms. The Kier molecular flexibility index (Phi) is 36.6. The van der Waals surface area contributed by atoms with Crippen molar-refractivity contribution in [2.75, 3.05) is 13.2 Å². The van der Waals surface area contributed by atoms with E-state index in [1.165, 1.54) is 35.1 Å². The molecule has 6 aromatic rings. The summed E-state index contributed by atoms with van der Waals surface area (Å²) >= 11 is 9.54. The van der Waals surface area contributed by atoms with E-state index in [9.17, 15) is 14.7 Å². The zero-order valence-electron chi connectivity index (χ0n) is 40.7. The minimum absolute atomic E-state index is 0. The number of carboxylic acids is 1. The van der Waals surface area contributed by atoms with Crippen LogP contribution in [0, 0.1) is 0 Å². The molecule has 2 saturated carbocycles. The van der Waals surface area contributed by atoms with Crippen molar-refractivity contribution in [1.82, 2.24) is 9.80 Å². The molecule has 0 spiro atoms. The molecule has 0 atom stereocenters. The molecule has 3 aliphatic rings. The number of nitrogens with zero attached hydrogens (tertiary/aromatic N) is 2. The zero-order valence-corrected chi connectivity index (χ0v) is 53.8. The van der Waals surface area contributed by atoms with E-state index in [0.717, 1.165) is 90.8 Å². The molecule has 0 radical (unpaired) electrons. The smallest absolute Gasteiger partial charge is 0.338 e. The van der Waals surface area contributed by atoms with Crippen LogP contribution < -0.4 is 13.3 Å². The second kappa shape index (κ2) is 40.7. The first-order chi connectivity index (χ1) is 34.8. The molecule has 0 amide bonds. The molecular formula is C58H69I6N2O6-. The van der Waals surface area contributed by atoms with Crippen LogP contribution in [-0.2, 0) is 35.7 Å². The Morgan fingerprint density at radius 1 is 0.500 bits per heavy atom. The summed E-state index contributed by atoms with van der Waals surface area (Å²) in [6.07, 6.45) is 10.5. The maximum absolute atomic E-state index is 12.4. The van der Waals surface area contributed by atoms with Crippen molar-refractivity contribution in [2.24, 2.45) is 0 Å². The number of aliphatic hydroxyl groups is 1. The summed E-state index contributed by atoms with van der Waals surface area (Å²) in [5.41, 5.74) is 6.37. The number of esters is 1. The van der Waals surface area contributed by atoms with E-state index in [2.05, 4.69) is 206 Å². The van der Waals surface area contributed by atoms with Crippen LogP contribution in [0.2, 0.25) is 0 Å². The Morgan fingerprint density at radius 2 is 0.792 bits per heavy atom. The van der Waals surface area contributed by atoms with Gasteiger partial charge in [-0.2, -0.15) is 0 Å². The first kappa shape index (κ1) is 64.8. The third-order valence-electron chi connectivity index (χ3n) is 12.4. The zero-order chi connectivity index (χ0) is 50.7. The molecule has 1 aliphatic heterocycles. The molecular weight excluding hydrogens is 1580 g/mol. The number of hydrogen-bond acceptors (Lipinski definition) is 7. The fourth-order valence-electron chi connectivity index (χ4n) is 8.74. The van der Waals surface area contributed by atoms with Gasteiger partial charge in [0.2, 0.25) is 0 Å². The van der Waals surface area contributed by atoms with Gasteiger partial charge in [-0.1, -0.05) is 158 Å². The average Bonchev–Trinajstić information content (AvgIpc) is 4.03. The van der Waals surface area contributed by atoms with Gasteiger partial charge in [-0.05, 0) is 111 Å². The predicted octanol–water partition coefficient (Wildman–Crippen LogP) is 13.2. The van der Waals surface area contributed by atoms with E-state index in [0.29, 0.717) is 36.5 Å². The van der Waals surface area contributed by atoms with Crippen LogP contribution >= 0.6 is 98.4 Å². The van der Waals surface area contributed by atoms with Gasteiger partial charge in [-0.3, -0.25) is 9.80 Å². The topological polar surface area (TPSA) is 99.5 Å². The van der Waals surface area contributed by atoms with E-state index < -0.39 is 5.97 Å². The first-order valence-corrected chi connectivity index (χ1v) is 43.1. The third-order valence-corrected chi connectivity index (χ3v) is 12.4. The van der Waals surface area contributed by atoms with Crippen LogP contribution in [0.5, 0.6) is 0 Å². The number of ether oxygens (including phenoxy) is 2. The summed E-state index contributed by atoms with van der Waals surface area (Å²) in [5, 5.41) is 18.2. The molecule has 9 rings (SSSR count). The number of rotatable bonds is 13. The summed E-state index contributed by atoms with van der Waals surface area (Å²) in [6, 6.07) is 61.4. The molecule has 390 valence electrons. The molecule has 0 bridgehead atoms. The number of aliphatic hydroxyl groups excluding tert-OH is 1. The largest absolute Gasteiger partial charge is 0.478 e.